The van der Waals surface area contributed by atoms with Gasteiger partial charge >= 0.3 is 0 Å². The van der Waals surface area contributed by atoms with Crippen LogP contribution in [0, 0.1) is 13.8 Å². The minimum atomic E-state index is 0.946. The Hall–Kier alpha value is -2.02. The van der Waals surface area contributed by atoms with Gasteiger partial charge in [0.05, 0.1) is 5.52 Å². The first kappa shape index (κ1) is 13.0. The van der Waals surface area contributed by atoms with Crippen molar-refractivity contribution in [2.45, 2.75) is 33.7 Å². The van der Waals surface area contributed by atoms with Gasteiger partial charge in [-0.05, 0) is 54.0 Å². The average Bonchev–Trinajstić information content (AvgIpc) is 2.86. The summed E-state index contributed by atoms with van der Waals surface area (Å²) in [6.45, 7) is 7.52. The quantitative estimate of drug-likeness (QED) is 0.635. The lowest BCUT2D eigenvalue weighted by Gasteiger charge is -2.10. The fourth-order valence-corrected chi connectivity index (χ4v) is 2.86. The molecule has 20 heavy (non-hydrogen) atoms. The van der Waals surface area contributed by atoms with Crippen molar-refractivity contribution in [1.82, 2.24) is 4.57 Å². The number of benzene rings is 2. The third-order valence-corrected chi connectivity index (χ3v) is 4.18. The molecular formula is C19H21N. The van der Waals surface area contributed by atoms with Crippen molar-refractivity contribution in [2.24, 2.45) is 0 Å². The molecule has 1 nitrogen and oxygen atoms in total. The van der Waals surface area contributed by atoms with Crippen LogP contribution in [0.3, 0.4) is 0 Å². The molecule has 1 heterocycles. The van der Waals surface area contributed by atoms with Gasteiger partial charge in [-0.2, -0.15) is 0 Å². The topological polar surface area (TPSA) is 4.93 Å². The molecule has 0 aliphatic heterocycles. The molecule has 0 N–H and O–H groups in total. The van der Waals surface area contributed by atoms with Gasteiger partial charge in [-0.1, -0.05) is 43.3 Å². The number of aromatic nitrogens is 1. The second kappa shape index (κ2) is 5.16. The van der Waals surface area contributed by atoms with Gasteiger partial charge in [0.2, 0.25) is 0 Å². The average molecular weight is 263 g/mol. The van der Waals surface area contributed by atoms with E-state index in [0.29, 0.717) is 0 Å². The van der Waals surface area contributed by atoms with E-state index < -0.39 is 0 Å². The highest BCUT2D eigenvalue weighted by Crippen LogP contribution is 2.22. The molecule has 0 aliphatic rings. The Kier molecular flexibility index (Phi) is 3.35. The van der Waals surface area contributed by atoms with Gasteiger partial charge in [0.1, 0.15) is 0 Å². The first-order chi connectivity index (χ1) is 9.69. The lowest BCUT2D eigenvalue weighted by Crippen LogP contribution is -2.00. The number of hydrogen-bond donors (Lipinski definition) is 0. The predicted molar refractivity (Wildman–Crippen MR) is 86.3 cm³/mol. The van der Waals surface area contributed by atoms with Crippen LogP contribution >= 0.6 is 0 Å². The summed E-state index contributed by atoms with van der Waals surface area (Å²) in [5, 5.41) is 1.34. The summed E-state index contributed by atoms with van der Waals surface area (Å²) in [6.07, 6.45) is 3.29. The molecule has 0 radical (unpaired) electrons. The maximum absolute atomic E-state index is 2.37. The Morgan fingerprint density at radius 3 is 2.55 bits per heavy atom. The Morgan fingerprint density at radius 2 is 1.80 bits per heavy atom. The molecular weight excluding hydrogens is 242 g/mol. The molecule has 0 unspecified atom stereocenters. The molecule has 0 spiro atoms. The third kappa shape index (κ3) is 2.24. The van der Waals surface area contributed by atoms with Gasteiger partial charge in [0.15, 0.2) is 0 Å². The summed E-state index contributed by atoms with van der Waals surface area (Å²) < 4.78 is 2.37. The molecule has 102 valence electrons. The third-order valence-electron chi connectivity index (χ3n) is 4.18. The van der Waals surface area contributed by atoms with Crippen LogP contribution in [0.25, 0.3) is 10.9 Å². The molecule has 0 amide bonds. The van der Waals surface area contributed by atoms with E-state index in [-0.39, 0.29) is 0 Å². The van der Waals surface area contributed by atoms with Crippen molar-refractivity contribution in [2.75, 3.05) is 0 Å². The standard InChI is InChI=1S/C19H21N/c1-4-17-6-5-7-18-10-11-20(19(17)18)13-16-9-8-14(2)15(3)12-16/h5-12H,4,13H2,1-3H3. The number of aryl methyl sites for hydroxylation is 3. The summed E-state index contributed by atoms with van der Waals surface area (Å²) in [7, 11) is 0. The monoisotopic (exact) mass is 263 g/mol. The van der Waals surface area contributed by atoms with Crippen molar-refractivity contribution in [3.05, 3.63) is 70.9 Å². The van der Waals surface area contributed by atoms with Gasteiger partial charge < -0.3 is 4.57 Å². The summed E-state index contributed by atoms with van der Waals surface area (Å²) >= 11 is 0. The van der Waals surface area contributed by atoms with Crippen LogP contribution < -0.4 is 0 Å². The maximum Gasteiger partial charge on any atom is 0.0515 e. The number of hydrogen-bond acceptors (Lipinski definition) is 0. The second-order valence-electron chi connectivity index (χ2n) is 5.57. The number of para-hydroxylation sites is 1. The van der Waals surface area contributed by atoms with Crippen molar-refractivity contribution in [3.8, 4) is 0 Å². The van der Waals surface area contributed by atoms with Crippen LogP contribution in [0.2, 0.25) is 0 Å². The SMILES string of the molecule is CCc1cccc2ccn(Cc3ccc(C)c(C)c3)c12. The van der Waals surface area contributed by atoms with Gasteiger partial charge in [-0.15, -0.1) is 0 Å². The van der Waals surface area contributed by atoms with Crippen LogP contribution in [0.5, 0.6) is 0 Å². The van der Waals surface area contributed by atoms with Crippen LogP contribution in [0.4, 0.5) is 0 Å². The molecule has 3 rings (SSSR count). The first-order valence-electron chi connectivity index (χ1n) is 7.32. The Balaban J connectivity index is 2.04. The van der Waals surface area contributed by atoms with E-state index in [4.69, 9.17) is 0 Å². The zero-order valence-corrected chi connectivity index (χ0v) is 12.5. The van der Waals surface area contributed by atoms with Crippen molar-refractivity contribution >= 4 is 10.9 Å². The lowest BCUT2D eigenvalue weighted by atomic mass is 10.1. The minimum absolute atomic E-state index is 0.946. The second-order valence-corrected chi connectivity index (χ2v) is 5.57. The highest BCUT2D eigenvalue weighted by molar-refractivity contribution is 5.83. The van der Waals surface area contributed by atoms with Crippen LogP contribution in [-0.4, -0.2) is 4.57 Å². The highest BCUT2D eigenvalue weighted by atomic mass is 15.0. The molecule has 0 atom stereocenters. The maximum atomic E-state index is 2.37. The highest BCUT2D eigenvalue weighted by Gasteiger charge is 2.06. The summed E-state index contributed by atoms with van der Waals surface area (Å²) in [6, 6.07) is 15.6. The number of rotatable bonds is 3. The molecule has 0 saturated carbocycles. The van der Waals surface area contributed by atoms with Crippen LogP contribution in [0.1, 0.15) is 29.2 Å². The fourth-order valence-electron chi connectivity index (χ4n) is 2.86. The number of nitrogens with zero attached hydrogens (tertiary/aromatic N) is 1. The van der Waals surface area contributed by atoms with E-state index in [1.807, 2.05) is 0 Å². The Labute approximate surface area is 120 Å². The van der Waals surface area contributed by atoms with Crippen molar-refractivity contribution in [1.29, 1.82) is 0 Å². The predicted octanol–water partition coefficient (Wildman–Crippen LogP) is 4.87. The van der Waals surface area contributed by atoms with E-state index in [2.05, 4.69) is 74.0 Å². The van der Waals surface area contributed by atoms with E-state index in [1.54, 1.807) is 0 Å². The van der Waals surface area contributed by atoms with E-state index >= 15 is 0 Å². The zero-order valence-electron chi connectivity index (χ0n) is 12.5. The Morgan fingerprint density at radius 1 is 0.950 bits per heavy atom. The molecule has 0 bridgehead atoms. The Bertz CT molecular complexity index is 750. The summed E-state index contributed by atoms with van der Waals surface area (Å²) in [5.41, 5.74) is 6.91. The molecule has 3 aromatic rings. The largest absolute Gasteiger partial charge is 0.343 e. The summed E-state index contributed by atoms with van der Waals surface area (Å²) in [4.78, 5) is 0. The number of fused-ring (bicyclic) bond motifs is 1. The first-order valence-corrected chi connectivity index (χ1v) is 7.32. The van der Waals surface area contributed by atoms with Gasteiger partial charge in [-0.3, -0.25) is 0 Å². The van der Waals surface area contributed by atoms with Crippen LogP contribution in [0.15, 0.2) is 48.7 Å². The van der Waals surface area contributed by atoms with Crippen LogP contribution in [-0.2, 0) is 13.0 Å². The van der Waals surface area contributed by atoms with Gasteiger partial charge in [0.25, 0.3) is 0 Å². The normalized spacial score (nSPS) is 11.2. The van der Waals surface area contributed by atoms with E-state index in [1.165, 1.54) is 33.2 Å². The van der Waals surface area contributed by atoms with Crippen molar-refractivity contribution < 1.29 is 0 Å². The molecule has 0 aliphatic carbocycles. The molecule has 2 aromatic carbocycles. The zero-order chi connectivity index (χ0) is 14.1. The van der Waals surface area contributed by atoms with E-state index in [0.717, 1.165) is 13.0 Å². The fraction of sp³-hybridized carbons (Fsp3) is 0.263. The lowest BCUT2D eigenvalue weighted by molar-refractivity contribution is 0.829. The molecule has 1 aromatic heterocycles. The smallest absolute Gasteiger partial charge is 0.0515 e. The molecule has 0 saturated heterocycles. The van der Waals surface area contributed by atoms with Gasteiger partial charge in [-0.25, -0.2) is 0 Å². The van der Waals surface area contributed by atoms with E-state index in [9.17, 15) is 0 Å². The van der Waals surface area contributed by atoms with Gasteiger partial charge in [0, 0.05) is 12.7 Å². The molecule has 0 fully saturated rings. The molecule has 1 heteroatoms. The minimum Gasteiger partial charge on any atom is -0.343 e. The summed E-state index contributed by atoms with van der Waals surface area (Å²) in [5.74, 6) is 0. The van der Waals surface area contributed by atoms with Crippen molar-refractivity contribution in [3.63, 3.8) is 0 Å².